The summed E-state index contributed by atoms with van der Waals surface area (Å²) in [6.45, 7) is 9.44. The molecule has 2 N–H and O–H groups in total. The number of carboxylic acid groups (broad SMARTS) is 1. The van der Waals surface area contributed by atoms with Crippen LogP contribution in [0.3, 0.4) is 0 Å². The van der Waals surface area contributed by atoms with Crippen LogP contribution in [0.15, 0.2) is 25.3 Å². The smallest absolute Gasteiger partial charge is 0.407 e. The maximum absolute atomic E-state index is 11.6. The molecule has 0 bridgehead atoms. The van der Waals surface area contributed by atoms with Crippen molar-refractivity contribution in [1.82, 2.24) is 5.32 Å². The minimum Gasteiger partial charge on any atom is -0.480 e. The molecule has 0 aliphatic heterocycles. The topological polar surface area (TPSA) is 75.6 Å². The molecule has 0 aliphatic carbocycles. The van der Waals surface area contributed by atoms with E-state index in [1.807, 2.05) is 13.0 Å². The number of carboxylic acids is 1. The zero-order valence-corrected chi connectivity index (χ0v) is 12.8. The summed E-state index contributed by atoms with van der Waals surface area (Å²) in [5, 5.41) is 11.5. The summed E-state index contributed by atoms with van der Waals surface area (Å²) in [6.07, 6.45) is 7.66. The maximum Gasteiger partial charge on any atom is 0.407 e. The second kappa shape index (κ2) is 12.0. The van der Waals surface area contributed by atoms with Gasteiger partial charge in [0.05, 0.1) is 6.61 Å². The normalized spacial score (nSPS) is 13.0. The van der Waals surface area contributed by atoms with E-state index in [9.17, 15) is 9.59 Å². The third-order valence-electron chi connectivity index (χ3n) is 3.06. The Morgan fingerprint density at radius 1 is 1.24 bits per heavy atom. The van der Waals surface area contributed by atoms with Gasteiger partial charge >= 0.3 is 12.1 Å². The van der Waals surface area contributed by atoms with Crippen molar-refractivity contribution in [3.05, 3.63) is 25.3 Å². The summed E-state index contributed by atoms with van der Waals surface area (Å²) in [4.78, 5) is 22.7. The molecule has 120 valence electrons. The average molecular weight is 297 g/mol. The molecule has 2 atom stereocenters. The lowest BCUT2D eigenvalue weighted by Crippen LogP contribution is -2.41. The fraction of sp³-hybridized carbons (Fsp3) is 0.625. The number of rotatable bonds is 12. The van der Waals surface area contributed by atoms with E-state index >= 15 is 0 Å². The first-order chi connectivity index (χ1) is 10.0. The van der Waals surface area contributed by atoms with Crippen LogP contribution in [0.4, 0.5) is 4.79 Å². The van der Waals surface area contributed by atoms with Gasteiger partial charge in [0.15, 0.2) is 0 Å². The van der Waals surface area contributed by atoms with Crippen LogP contribution < -0.4 is 5.32 Å². The van der Waals surface area contributed by atoms with E-state index in [4.69, 9.17) is 9.84 Å². The van der Waals surface area contributed by atoms with E-state index in [0.717, 1.165) is 32.1 Å². The summed E-state index contributed by atoms with van der Waals surface area (Å²) in [5.41, 5.74) is 0. The Labute approximate surface area is 127 Å². The number of carbonyl (C=O) groups excluding carboxylic acids is 1. The first-order valence-corrected chi connectivity index (χ1v) is 7.39. The van der Waals surface area contributed by atoms with Crippen molar-refractivity contribution in [3.8, 4) is 0 Å². The Hall–Kier alpha value is -1.78. The highest BCUT2D eigenvalue weighted by Crippen LogP contribution is 2.07. The van der Waals surface area contributed by atoms with Crippen molar-refractivity contribution in [1.29, 1.82) is 0 Å². The van der Waals surface area contributed by atoms with Crippen LogP contribution >= 0.6 is 0 Å². The number of aliphatic carboxylic acids is 1. The van der Waals surface area contributed by atoms with Crippen LogP contribution in [0.25, 0.3) is 0 Å². The molecular formula is C16H27NO4. The number of amides is 1. The summed E-state index contributed by atoms with van der Waals surface area (Å²) in [7, 11) is 0. The van der Waals surface area contributed by atoms with Crippen molar-refractivity contribution < 1.29 is 19.4 Å². The monoisotopic (exact) mass is 297 g/mol. The van der Waals surface area contributed by atoms with Gasteiger partial charge in [-0.15, -0.1) is 13.2 Å². The molecule has 5 heteroatoms. The zero-order chi connectivity index (χ0) is 16.1. The summed E-state index contributed by atoms with van der Waals surface area (Å²) in [6, 6.07) is -0.893. The molecule has 0 heterocycles. The molecule has 0 aromatic rings. The lowest BCUT2D eigenvalue weighted by molar-refractivity contribution is -0.139. The van der Waals surface area contributed by atoms with Gasteiger partial charge in [0, 0.05) is 0 Å². The van der Waals surface area contributed by atoms with Crippen molar-refractivity contribution >= 4 is 12.1 Å². The SMILES string of the molecule is C=CCCCCC[C@H](NC(=O)OC[C@H](C)CC=C)C(=O)O. The van der Waals surface area contributed by atoms with E-state index in [1.54, 1.807) is 6.08 Å². The first-order valence-electron chi connectivity index (χ1n) is 7.39. The van der Waals surface area contributed by atoms with Gasteiger partial charge in [0.1, 0.15) is 6.04 Å². The second-order valence-corrected chi connectivity index (χ2v) is 5.19. The highest BCUT2D eigenvalue weighted by atomic mass is 16.5. The fourth-order valence-electron chi connectivity index (χ4n) is 1.83. The number of unbranched alkanes of at least 4 members (excludes halogenated alkanes) is 3. The number of alkyl carbamates (subject to hydrolysis) is 1. The van der Waals surface area contributed by atoms with Gasteiger partial charge in [-0.05, 0) is 31.6 Å². The van der Waals surface area contributed by atoms with Gasteiger partial charge < -0.3 is 15.2 Å². The average Bonchev–Trinajstić information content (AvgIpc) is 2.43. The third kappa shape index (κ3) is 10.6. The molecule has 0 rings (SSSR count). The molecule has 0 fully saturated rings. The molecule has 0 saturated heterocycles. The van der Waals surface area contributed by atoms with E-state index in [-0.39, 0.29) is 12.5 Å². The number of allylic oxidation sites excluding steroid dienone is 2. The Morgan fingerprint density at radius 2 is 1.95 bits per heavy atom. The van der Waals surface area contributed by atoms with Crippen molar-refractivity contribution in [2.75, 3.05) is 6.61 Å². The number of ether oxygens (including phenoxy) is 1. The summed E-state index contributed by atoms with van der Waals surface area (Å²) in [5.74, 6) is -0.856. The van der Waals surface area contributed by atoms with Crippen molar-refractivity contribution in [2.24, 2.45) is 5.92 Å². The molecule has 0 aliphatic rings. The second-order valence-electron chi connectivity index (χ2n) is 5.19. The molecule has 0 spiro atoms. The minimum absolute atomic E-state index is 0.176. The Kier molecular flexibility index (Phi) is 11.0. The zero-order valence-electron chi connectivity index (χ0n) is 12.8. The number of hydrogen-bond donors (Lipinski definition) is 2. The van der Waals surface area contributed by atoms with Crippen molar-refractivity contribution in [2.45, 2.75) is 51.5 Å². The molecule has 1 amide bonds. The molecule has 5 nitrogen and oxygen atoms in total. The predicted molar refractivity (Wildman–Crippen MR) is 83.2 cm³/mol. The summed E-state index contributed by atoms with van der Waals surface area (Å²) < 4.78 is 5.01. The predicted octanol–water partition coefficient (Wildman–Crippen LogP) is 3.51. The molecule has 0 unspecified atom stereocenters. The third-order valence-corrected chi connectivity index (χ3v) is 3.06. The fourth-order valence-corrected chi connectivity index (χ4v) is 1.83. The highest BCUT2D eigenvalue weighted by molar-refractivity contribution is 5.79. The Morgan fingerprint density at radius 3 is 2.52 bits per heavy atom. The molecule has 0 aromatic carbocycles. The van der Waals surface area contributed by atoms with E-state index < -0.39 is 18.1 Å². The van der Waals surface area contributed by atoms with Gasteiger partial charge in [-0.3, -0.25) is 0 Å². The Bertz CT molecular complexity index is 341. The van der Waals surface area contributed by atoms with Crippen LogP contribution in [0, 0.1) is 5.92 Å². The Balaban J connectivity index is 4.00. The lowest BCUT2D eigenvalue weighted by atomic mass is 10.1. The number of hydrogen-bond acceptors (Lipinski definition) is 3. The lowest BCUT2D eigenvalue weighted by Gasteiger charge is -2.15. The maximum atomic E-state index is 11.6. The van der Waals surface area contributed by atoms with Gasteiger partial charge in [0.25, 0.3) is 0 Å². The van der Waals surface area contributed by atoms with Crippen LogP contribution in [0.2, 0.25) is 0 Å². The minimum atomic E-state index is -1.03. The van der Waals surface area contributed by atoms with Gasteiger partial charge in [-0.1, -0.05) is 31.9 Å². The van der Waals surface area contributed by atoms with Crippen LogP contribution in [0.5, 0.6) is 0 Å². The molecule has 21 heavy (non-hydrogen) atoms. The van der Waals surface area contributed by atoms with Crippen LogP contribution in [0.1, 0.15) is 45.4 Å². The number of carbonyl (C=O) groups is 2. The van der Waals surface area contributed by atoms with E-state index in [2.05, 4.69) is 18.5 Å². The van der Waals surface area contributed by atoms with Crippen molar-refractivity contribution in [3.63, 3.8) is 0 Å². The summed E-state index contributed by atoms with van der Waals surface area (Å²) >= 11 is 0. The number of nitrogens with one attached hydrogen (secondary N) is 1. The molecule has 0 saturated carbocycles. The largest absolute Gasteiger partial charge is 0.480 e. The highest BCUT2D eigenvalue weighted by Gasteiger charge is 2.20. The van der Waals surface area contributed by atoms with E-state index in [1.165, 1.54) is 0 Å². The first kappa shape index (κ1) is 19.2. The molecule has 0 aromatic heterocycles. The van der Waals surface area contributed by atoms with Crippen LogP contribution in [-0.4, -0.2) is 29.8 Å². The van der Waals surface area contributed by atoms with Gasteiger partial charge in [0.2, 0.25) is 0 Å². The van der Waals surface area contributed by atoms with Gasteiger partial charge in [-0.25, -0.2) is 9.59 Å². The molecular weight excluding hydrogens is 270 g/mol. The molecule has 0 radical (unpaired) electrons. The van der Waals surface area contributed by atoms with Crippen LogP contribution in [-0.2, 0) is 9.53 Å². The van der Waals surface area contributed by atoms with E-state index in [0.29, 0.717) is 6.42 Å². The standard InChI is InChI=1S/C16H27NO4/c1-4-6-7-8-9-11-14(15(18)19)17-16(20)21-12-13(3)10-5-2/h4-5,13-14H,1-2,6-12H2,3H3,(H,17,20)(H,18,19)/t13-,14+/m1/s1. The van der Waals surface area contributed by atoms with Gasteiger partial charge in [-0.2, -0.15) is 0 Å². The quantitative estimate of drug-likeness (QED) is 0.427.